The van der Waals surface area contributed by atoms with Crippen molar-refractivity contribution >= 4 is 38.9 Å². The molecule has 9 aromatic rings. The second kappa shape index (κ2) is 13.2. The first kappa shape index (κ1) is 31.3. The van der Waals surface area contributed by atoms with Crippen LogP contribution in [0.5, 0.6) is 0 Å². The Morgan fingerprint density at radius 1 is 0.346 bits per heavy atom. The molecule has 2 heteroatoms. The van der Waals surface area contributed by atoms with Gasteiger partial charge in [-0.05, 0) is 119 Å². The van der Waals surface area contributed by atoms with E-state index in [0.29, 0.717) is 0 Å². The van der Waals surface area contributed by atoms with Crippen LogP contribution in [0.2, 0.25) is 0 Å². The average Bonchev–Trinajstić information content (AvgIpc) is 3.54. The number of nitrogens with zero attached hydrogens (tertiary/aromatic N) is 2. The predicted molar refractivity (Wildman–Crippen MR) is 221 cm³/mol. The maximum absolute atomic E-state index is 2.42. The Labute approximate surface area is 305 Å². The summed E-state index contributed by atoms with van der Waals surface area (Å²) in [5.74, 6) is 0. The molecule has 0 N–H and O–H groups in total. The normalized spacial score (nSPS) is 11.3. The molecule has 248 valence electrons. The van der Waals surface area contributed by atoms with Crippen molar-refractivity contribution in [2.24, 2.45) is 0 Å². The van der Waals surface area contributed by atoms with Crippen LogP contribution in [-0.2, 0) is 0 Å². The number of hydrogen-bond donors (Lipinski definition) is 0. The highest BCUT2D eigenvalue weighted by molar-refractivity contribution is 6.10. The van der Waals surface area contributed by atoms with E-state index in [0.717, 1.165) is 17.1 Å². The van der Waals surface area contributed by atoms with Gasteiger partial charge in [0.25, 0.3) is 0 Å². The number of benzene rings is 8. The summed E-state index contributed by atoms with van der Waals surface area (Å²) in [6.07, 6.45) is 0. The van der Waals surface area contributed by atoms with Crippen molar-refractivity contribution in [2.75, 3.05) is 4.90 Å². The van der Waals surface area contributed by atoms with E-state index in [1.807, 2.05) is 0 Å². The maximum atomic E-state index is 2.42. The van der Waals surface area contributed by atoms with Crippen LogP contribution in [0.1, 0.15) is 11.1 Å². The molecule has 0 spiro atoms. The Morgan fingerprint density at radius 3 is 1.35 bits per heavy atom. The predicted octanol–water partition coefficient (Wildman–Crippen LogP) is 13.9. The molecule has 0 aliphatic heterocycles. The van der Waals surface area contributed by atoms with Crippen molar-refractivity contribution in [1.29, 1.82) is 0 Å². The van der Waals surface area contributed by atoms with Gasteiger partial charge in [-0.25, -0.2) is 0 Å². The smallest absolute Gasteiger partial charge is 0.0541 e. The van der Waals surface area contributed by atoms with Crippen molar-refractivity contribution in [2.45, 2.75) is 13.8 Å². The van der Waals surface area contributed by atoms with E-state index in [1.54, 1.807) is 0 Å². The summed E-state index contributed by atoms with van der Waals surface area (Å²) in [4.78, 5) is 2.34. The van der Waals surface area contributed by atoms with E-state index in [2.05, 4.69) is 217 Å². The van der Waals surface area contributed by atoms with Gasteiger partial charge in [-0.1, -0.05) is 133 Å². The Kier molecular flexibility index (Phi) is 7.98. The minimum absolute atomic E-state index is 1.11. The van der Waals surface area contributed by atoms with Gasteiger partial charge in [-0.15, -0.1) is 0 Å². The fraction of sp³-hybridized carbons (Fsp3) is 0.0400. The quantitative estimate of drug-likeness (QED) is 0.164. The number of anilines is 3. The van der Waals surface area contributed by atoms with E-state index >= 15 is 0 Å². The second-order valence-corrected chi connectivity index (χ2v) is 13.6. The molecule has 0 bridgehead atoms. The number of aromatic nitrogens is 1. The van der Waals surface area contributed by atoms with Crippen LogP contribution in [-0.4, -0.2) is 4.57 Å². The summed E-state index contributed by atoms with van der Waals surface area (Å²) >= 11 is 0. The standard InChI is InChI=1S/C50H38N2/c1-35-17-18-36(2)50(33-35)52-48-16-10-9-15-46(48)47-34-42(25-32-49(47)52)41-23-30-45(31-24-41)51(43-26-19-39(20-27-43)37-11-5-3-6-12-37)44-28-21-40(22-29-44)38-13-7-4-8-14-38/h3-34H,1-2H3. The average molecular weight is 667 g/mol. The van der Waals surface area contributed by atoms with Gasteiger partial charge < -0.3 is 9.47 Å². The largest absolute Gasteiger partial charge is 0.311 e. The number of fused-ring (bicyclic) bond motifs is 3. The summed E-state index contributed by atoms with van der Waals surface area (Å²) in [5, 5.41) is 2.53. The molecule has 9 rings (SSSR count). The summed E-state index contributed by atoms with van der Waals surface area (Å²) in [6, 6.07) is 70.3. The van der Waals surface area contributed by atoms with Gasteiger partial charge >= 0.3 is 0 Å². The van der Waals surface area contributed by atoms with Crippen LogP contribution in [0.15, 0.2) is 194 Å². The fourth-order valence-electron chi connectivity index (χ4n) is 7.49. The molecule has 0 aliphatic carbocycles. The number of aryl methyl sites for hydroxylation is 2. The summed E-state index contributed by atoms with van der Waals surface area (Å²) in [5.41, 5.74) is 16.8. The van der Waals surface area contributed by atoms with Gasteiger partial charge in [0.05, 0.1) is 11.0 Å². The van der Waals surface area contributed by atoms with Gasteiger partial charge in [0.15, 0.2) is 0 Å². The molecule has 0 amide bonds. The molecule has 1 heterocycles. The molecule has 1 aromatic heterocycles. The molecular formula is C50H38N2. The van der Waals surface area contributed by atoms with E-state index in [9.17, 15) is 0 Å². The fourth-order valence-corrected chi connectivity index (χ4v) is 7.49. The van der Waals surface area contributed by atoms with E-state index in [1.165, 1.54) is 72.0 Å². The van der Waals surface area contributed by atoms with Gasteiger partial charge in [-0.2, -0.15) is 0 Å². The summed E-state index contributed by atoms with van der Waals surface area (Å²) < 4.78 is 2.42. The monoisotopic (exact) mass is 666 g/mol. The molecule has 2 nitrogen and oxygen atoms in total. The third-order valence-corrected chi connectivity index (χ3v) is 10.2. The lowest BCUT2D eigenvalue weighted by atomic mass is 10.0. The van der Waals surface area contributed by atoms with Crippen LogP contribution in [0.3, 0.4) is 0 Å². The van der Waals surface area contributed by atoms with Gasteiger partial charge in [0.2, 0.25) is 0 Å². The molecular weight excluding hydrogens is 629 g/mol. The summed E-state index contributed by atoms with van der Waals surface area (Å²) in [7, 11) is 0. The zero-order valence-electron chi connectivity index (χ0n) is 29.4. The molecule has 0 fully saturated rings. The highest BCUT2D eigenvalue weighted by Gasteiger charge is 2.16. The molecule has 8 aromatic carbocycles. The molecule has 0 saturated heterocycles. The van der Waals surface area contributed by atoms with Crippen LogP contribution < -0.4 is 4.90 Å². The molecule has 0 unspecified atom stereocenters. The minimum Gasteiger partial charge on any atom is -0.311 e. The van der Waals surface area contributed by atoms with Gasteiger partial charge in [-0.3, -0.25) is 0 Å². The zero-order chi connectivity index (χ0) is 35.0. The second-order valence-electron chi connectivity index (χ2n) is 13.6. The topological polar surface area (TPSA) is 8.17 Å². The SMILES string of the molecule is Cc1ccc(C)c(-n2c3ccccc3c3cc(-c4ccc(N(c5ccc(-c6ccccc6)cc5)c5ccc(-c6ccccc6)cc5)cc4)ccc32)c1. The molecule has 0 aliphatic rings. The Hall–Kier alpha value is -6.64. The molecule has 0 saturated carbocycles. The lowest BCUT2D eigenvalue weighted by Crippen LogP contribution is -2.09. The van der Waals surface area contributed by atoms with Crippen molar-refractivity contribution in [1.82, 2.24) is 4.57 Å². The highest BCUT2D eigenvalue weighted by atomic mass is 15.1. The molecule has 0 atom stereocenters. The maximum Gasteiger partial charge on any atom is 0.0541 e. The first-order valence-corrected chi connectivity index (χ1v) is 17.9. The Morgan fingerprint density at radius 2 is 0.788 bits per heavy atom. The van der Waals surface area contributed by atoms with E-state index < -0.39 is 0 Å². The Balaban J connectivity index is 1.11. The van der Waals surface area contributed by atoms with Crippen molar-refractivity contribution in [3.05, 3.63) is 205 Å². The first-order chi connectivity index (χ1) is 25.6. The molecule has 52 heavy (non-hydrogen) atoms. The van der Waals surface area contributed by atoms with Crippen LogP contribution in [0, 0.1) is 13.8 Å². The van der Waals surface area contributed by atoms with Gasteiger partial charge in [0, 0.05) is 33.5 Å². The van der Waals surface area contributed by atoms with E-state index in [-0.39, 0.29) is 0 Å². The van der Waals surface area contributed by atoms with Crippen molar-refractivity contribution in [3.8, 4) is 39.1 Å². The third kappa shape index (κ3) is 5.75. The lowest BCUT2D eigenvalue weighted by Gasteiger charge is -2.26. The van der Waals surface area contributed by atoms with Crippen molar-refractivity contribution < 1.29 is 0 Å². The number of hydrogen-bond acceptors (Lipinski definition) is 1. The van der Waals surface area contributed by atoms with Crippen LogP contribution in [0.4, 0.5) is 17.1 Å². The highest BCUT2D eigenvalue weighted by Crippen LogP contribution is 2.39. The zero-order valence-corrected chi connectivity index (χ0v) is 29.4. The molecule has 0 radical (unpaired) electrons. The number of para-hydroxylation sites is 1. The van der Waals surface area contributed by atoms with Gasteiger partial charge in [0.1, 0.15) is 0 Å². The summed E-state index contributed by atoms with van der Waals surface area (Å²) in [6.45, 7) is 4.36. The number of rotatable bonds is 7. The van der Waals surface area contributed by atoms with E-state index in [4.69, 9.17) is 0 Å². The van der Waals surface area contributed by atoms with Crippen LogP contribution in [0.25, 0.3) is 60.9 Å². The van der Waals surface area contributed by atoms with Crippen LogP contribution >= 0.6 is 0 Å². The third-order valence-electron chi connectivity index (χ3n) is 10.2. The Bertz CT molecular complexity index is 2570. The van der Waals surface area contributed by atoms with Crippen molar-refractivity contribution in [3.63, 3.8) is 0 Å². The minimum atomic E-state index is 1.11. The first-order valence-electron chi connectivity index (χ1n) is 17.9. The lowest BCUT2D eigenvalue weighted by molar-refractivity contribution is 1.14.